The van der Waals surface area contributed by atoms with Crippen molar-refractivity contribution >= 4 is 5.97 Å². The highest BCUT2D eigenvalue weighted by molar-refractivity contribution is 5.73. The molecule has 0 amide bonds. The molecule has 0 aromatic heterocycles. The van der Waals surface area contributed by atoms with E-state index in [9.17, 15) is 4.79 Å². The van der Waals surface area contributed by atoms with Crippen LogP contribution in [0.2, 0.25) is 0 Å². The van der Waals surface area contributed by atoms with Gasteiger partial charge in [0.2, 0.25) is 0 Å². The van der Waals surface area contributed by atoms with Gasteiger partial charge in [-0.2, -0.15) is 0 Å². The van der Waals surface area contributed by atoms with Crippen LogP contribution >= 0.6 is 0 Å². The summed E-state index contributed by atoms with van der Waals surface area (Å²) < 4.78 is 5.15. The van der Waals surface area contributed by atoms with E-state index in [4.69, 9.17) is 15.6 Å². The van der Waals surface area contributed by atoms with Gasteiger partial charge in [0.15, 0.2) is 0 Å². The number of hydrogen-bond acceptors (Lipinski definition) is 3. The molecule has 1 aromatic rings. The number of carboxylic acids is 1. The molecular weight excluding hydrogens is 218 g/mol. The molecule has 1 atom stereocenters. The second-order valence-corrected chi connectivity index (χ2v) is 3.53. The predicted octanol–water partition coefficient (Wildman–Crippen LogP) is 1.39. The summed E-state index contributed by atoms with van der Waals surface area (Å²) in [7, 11) is 0. The van der Waals surface area contributed by atoms with E-state index in [1.54, 1.807) is 24.3 Å². The monoisotopic (exact) mass is 233 g/mol. The Morgan fingerprint density at radius 1 is 1.47 bits per heavy atom. The van der Waals surface area contributed by atoms with Crippen molar-refractivity contribution in [2.75, 3.05) is 0 Å². The van der Waals surface area contributed by atoms with Crippen molar-refractivity contribution in [3.63, 3.8) is 0 Å². The van der Waals surface area contributed by atoms with Crippen molar-refractivity contribution in [1.82, 2.24) is 0 Å². The summed E-state index contributed by atoms with van der Waals surface area (Å²) in [6.45, 7) is 1.94. The molecule has 0 saturated carbocycles. The zero-order valence-electron chi connectivity index (χ0n) is 9.64. The minimum absolute atomic E-state index is 0.302. The SMILES string of the molecule is CCC#COc1ccc(CC(N)C(=O)O)cc1. The van der Waals surface area contributed by atoms with Crippen molar-refractivity contribution in [2.24, 2.45) is 5.73 Å². The summed E-state index contributed by atoms with van der Waals surface area (Å²) in [4.78, 5) is 10.6. The quantitative estimate of drug-likeness (QED) is 0.771. The van der Waals surface area contributed by atoms with Crippen LogP contribution in [-0.4, -0.2) is 17.1 Å². The van der Waals surface area contributed by atoms with Gasteiger partial charge < -0.3 is 15.6 Å². The van der Waals surface area contributed by atoms with E-state index in [1.807, 2.05) is 6.92 Å². The predicted molar refractivity (Wildman–Crippen MR) is 64.5 cm³/mol. The second-order valence-electron chi connectivity index (χ2n) is 3.53. The fourth-order valence-electron chi connectivity index (χ4n) is 1.20. The number of nitrogens with two attached hydrogens (primary N) is 1. The zero-order chi connectivity index (χ0) is 12.7. The number of hydrogen-bond donors (Lipinski definition) is 2. The van der Waals surface area contributed by atoms with Crippen molar-refractivity contribution < 1.29 is 14.6 Å². The van der Waals surface area contributed by atoms with Gasteiger partial charge in [0, 0.05) is 6.42 Å². The summed E-state index contributed by atoms with van der Waals surface area (Å²) in [5.74, 6) is 2.43. The minimum Gasteiger partial charge on any atom is -0.480 e. The number of rotatable bonds is 4. The Balaban J connectivity index is 2.58. The van der Waals surface area contributed by atoms with Crippen LogP contribution in [0.25, 0.3) is 0 Å². The third-order valence-electron chi connectivity index (χ3n) is 2.11. The lowest BCUT2D eigenvalue weighted by Crippen LogP contribution is -2.32. The molecule has 17 heavy (non-hydrogen) atoms. The van der Waals surface area contributed by atoms with E-state index in [0.29, 0.717) is 12.2 Å². The molecule has 0 heterocycles. The first-order valence-corrected chi connectivity index (χ1v) is 5.35. The third kappa shape index (κ3) is 4.58. The first kappa shape index (κ1) is 13.1. The molecule has 0 aliphatic heterocycles. The maximum atomic E-state index is 10.6. The standard InChI is InChI=1S/C13H15NO3/c1-2-3-8-17-11-6-4-10(5-7-11)9-12(14)13(15)16/h4-7,12H,2,9,14H2,1H3,(H,15,16). The highest BCUT2D eigenvalue weighted by atomic mass is 16.5. The summed E-state index contributed by atoms with van der Waals surface area (Å²) in [5, 5.41) is 8.67. The largest absolute Gasteiger partial charge is 0.480 e. The van der Waals surface area contributed by atoms with E-state index in [2.05, 4.69) is 12.0 Å². The zero-order valence-corrected chi connectivity index (χ0v) is 9.64. The first-order valence-electron chi connectivity index (χ1n) is 5.35. The molecule has 90 valence electrons. The average Bonchev–Trinajstić information content (AvgIpc) is 2.31. The van der Waals surface area contributed by atoms with Crippen LogP contribution in [0.4, 0.5) is 0 Å². The molecule has 0 saturated heterocycles. The number of benzene rings is 1. The minimum atomic E-state index is -1.00. The van der Waals surface area contributed by atoms with E-state index in [0.717, 1.165) is 12.0 Å². The van der Waals surface area contributed by atoms with Gasteiger partial charge in [0.1, 0.15) is 17.9 Å². The van der Waals surface area contributed by atoms with Gasteiger partial charge in [-0.05, 0) is 24.1 Å². The Bertz CT molecular complexity index is 428. The van der Waals surface area contributed by atoms with Crippen molar-refractivity contribution in [1.29, 1.82) is 0 Å². The van der Waals surface area contributed by atoms with E-state index >= 15 is 0 Å². The smallest absolute Gasteiger partial charge is 0.320 e. The van der Waals surface area contributed by atoms with Crippen LogP contribution < -0.4 is 10.5 Å². The first-order chi connectivity index (χ1) is 8.13. The summed E-state index contributed by atoms with van der Waals surface area (Å²) in [5.41, 5.74) is 6.29. The van der Waals surface area contributed by atoms with Gasteiger partial charge in [-0.25, -0.2) is 0 Å². The number of aliphatic carboxylic acids is 1. The highest BCUT2D eigenvalue weighted by Crippen LogP contribution is 2.12. The van der Waals surface area contributed by atoms with Crippen LogP contribution in [0.5, 0.6) is 5.75 Å². The van der Waals surface area contributed by atoms with Crippen LogP contribution in [-0.2, 0) is 11.2 Å². The summed E-state index contributed by atoms with van der Waals surface area (Å²) >= 11 is 0. The Morgan fingerprint density at radius 3 is 2.65 bits per heavy atom. The van der Waals surface area contributed by atoms with Gasteiger partial charge >= 0.3 is 5.97 Å². The molecule has 0 radical (unpaired) electrons. The lowest BCUT2D eigenvalue weighted by Gasteiger charge is -2.06. The lowest BCUT2D eigenvalue weighted by molar-refractivity contribution is -0.138. The number of carbonyl (C=O) groups is 1. The maximum Gasteiger partial charge on any atom is 0.320 e. The molecule has 0 spiro atoms. The van der Waals surface area contributed by atoms with Crippen LogP contribution in [0, 0.1) is 12.0 Å². The molecule has 1 aromatic carbocycles. The van der Waals surface area contributed by atoms with Crippen LogP contribution in [0.15, 0.2) is 24.3 Å². The van der Waals surface area contributed by atoms with Crippen molar-refractivity contribution in [3.05, 3.63) is 29.8 Å². The molecule has 0 aliphatic rings. The molecule has 1 unspecified atom stereocenters. The van der Waals surface area contributed by atoms with Gasteiger partial charge in [0.05, 0.1) is 0 Å². The second kappa shape index (κ2) is 6.56. The van der Waals surface area contributed by atoms with Crippen LogP contribution in [0.1, 0.15) is 18.9 Å². The molecule has 3 N–H and O–H groups in total. The molecular formula is C13H15NO3. The Morgan fingerprint density at radius 2 is 2.12 bits per heavy atom. The Kier molecular flexibility index (Phi) is 5.05. The fraction of sp³-hybridized carbons (Fsp3) is 0.308. The average molecular weight is 233 g/mol. The summed E-state index contributed by atoms with van der Waals surface area (Å²) in [6, 6.07) is 6.18. The van der Waals surface area contributed by atoms with E-state index < -0.39 is 12.0 Å². The van der Waals surface area contributed by atoms with Gasteiger partial charge in [0.25, 0.3) is 0 Å². The fourth-order valence-corrected chi connectivity index (χ4v) is 1.20. The Labute approximate surface area is 100 Å². The number of ether oxygens (including phenoxy) is 1. The topological polar surface area (TPSA) is 72.5 Å². The molecule has 0 aliphatic carbocycles. The van der Waals surface area contributed by atoms with Gasteiger partial charge in [-0.15, -0.1) is 0 Å². The van der Waals surface area contributed by atoms with Crippen LogP contribution in [0.3, 0.4) is 0 Å². The Hall–Kier alpha value is -1.99. The molecule has 4 nitrogen and oxygen atoms in total. The third-order valence-corrected chi connectivity index (χ3v) is 2.11. The molecule has 0 fully saturated rings. The van der Waals surface area contributed by atoms with Gasteiger partial charge in [-0.1, -0.05) is 25.0 Å². The maximum absolute atomic E-state index is 10.6. The van der Waals surface area contributed by atoms with Crippen molar-refractivity contribution in [2.45, 2.75) is 25.8 Å². The number of carboxylic acid groups (broad SMARTS) is 1. The van der Waals surface area contributed by atoms with E-state index in [1.165, 1.54) is 0 Å². The van der Waals surface area contributed by atoms with Gasteiger partial charge in [-0.3, -0.25) is 4.79 Å². The lowest BCUT2D eigenvalue weighted by atomic mass is 10.1. The normalized spacial score (nSPS) is 11.2. The molecule has 1 rings (SSSR count). The molecule has 4 heteroatoms. The van der Waals surface area contributed by atoms with Crippen molar-refractivity contribution in [3.8, 4) is 17.8 Å². The highest BCUT2D eigenvalue weighted by Gasteiger charge is 2.11. The summed E-state index contributed by atoms with van der Waals surface area (Å²) in [6.07, 6.45) is 3.60. The molecule has 0 bridgehead atoms. The van der Waals surface area contributed by atoms with E-state index in [-0.39, 0.29) is 0 Å².